The normalized spacial score (nSPS) is 10.4. The second-order valence-corrected chi connectivity index (χ2v) is 5.20. The Hall–Kier alpha value is -2.95. The molecule has 0 radical (unpaired) electrons. The van der Waals surface area contributed by atoms with E-state index >= 15 is 0 Å². The van der Waals surface area contributed by atoms with Crippen molar-refractivity contribution in [1.29, 1.82) is 0 Å². The summed E-state index contributed by atoms with van der Waals surface area (Å²) in [5.74, 6) is 0.769. The topological polar surface area (TPSA) is 59.8 Å². The average molecular weight is 306 g/mol. The lowest BCUT2D eigenvalue weighted by molar-refractivity contribution is -0.121. The van der Waals surface area contributed by atoms with Crippen LogP contribution >= 0.6 is 0 Å². The van der Waals surface area contributed by atoms with Gasteiger partial charge in [0, 0.05) is 37.1 Å². The van der Waals surface area contributed by atoms with Crippen LogP contribution in [0.3, 0.4) is 0 Å². The van der Waals surface area contributed by atoms with Crippen LogP contribution in [0, 0.1) is 0 Å². The van der Waals surface area contributed by atoms with E-state index in [1.54, 1.807) is 17.1 Å². The lowest BCUT2D eigenvalue weighted by atomic mass is 10.1. The quantitative estimate of drug-likeness (QED) is 0.761. The number of carbonyl (C=O) groups excluding carboxylic acids is 1. The number of aryl methyl sites for hydroxylation is 1. The lowest BCUT2D eigenvalue weighted by Crippen LogP contribution is -2.24. The minimum atomic E-state index is 0.0316. The number of amides is 1. The molecular weight excluding hydrogens is 288 g/mol. The standard InChI is InChI=1S/C18H18N4O/c23-17(10-9-15-6-2-1-3-7-15)20-14-16-8-4-11-19-18(16)22-13-5-12-21-22/h1-8,11-13H,9-10,14H2,(H,20,23). The Balaban J connectivity index is 1.57. The molecule has 3 aromatic rings. The fourth-order valence-electron chi connectivity index (χ4n) is 2.35. The van der Waals surface area contributed by atoms with Crippen molar-refractivity contribution in [2.45, 2.75) is 19.4 Å². The van der Waals surface area contributed by atoms with Crippen molar-refractivity contribution in [2.75, 3.05) is 0 Å². The van der Waals surface area contributed by atoms with E-state index in [1.807, 2.05) is 54.7 Å². The minimum Gasteiger partial charge on any atom is -0.352 e. The molecule has 3 rings (SSSR count). The van der Waals surface area contributed by atoms with Crippen LogP contribution in [0.15, 0.2) is 67.1 Å². The van der Waals surface area contributed by atoms with Gasteiger partial charge in [-0.15, -0.1) is 0 Å². The molecule has 0 saturated heterocycles. The van der Waals surface area contributed by atoms with Crippen LogP contribution in [0.5, 0.6) is 0 Å². The van der Waals surface area contributed by atoms with Crippen molar-refractivity contribution < 1.29 is 4.79 Å². The zero-order valence-corrected chi connectivity index (χ0v) is 12.7. The van der Waals surface area contributed by atoms with E-state index in [4.69, 9.17) is 0 Å². The minimum absolute atomic E-state index is 0.0316. The van der Waals surface area contributed by atoms with Crippen LogP contribution in [0.4, 0.5) is 0 Å². The molecule has 0 bridgehead atoms. The summed E-state index contributed by atoms with van der Waals surface area (Å²) >= 11 is 0. The summed E-state index contributed by atoms with van der Waals surface area (Å²) in [4.78, 5) is 16.4. The smallest absolute Gasteiger partial charge is 0.220 e. The Kier molecular flexibility index (Phi) is 4.79. The summed E-state index contributed by atoms with van der Waals surface area (Å²) in [5.41, 5.74) is 2.10. The van der Waals surface area contributed by atoms with Crippen molar-refractivity contribution in [2.24, 2.45) is 0 Å². The molecule has 116 valence electrons. The van der Waals surface area contributed by atoms with Gasteiger partial charge in [-0.2, -0.15) is 5.10 Å². The van der Waals surface area contributed by atoms with Gasteiger partial charge in [0.05, 0.1) is 0 Å². The molecule has 0 saturated carbocycles. The van der Waals surface area contributed by atoms with Gasteiger partial charge in [0.15, 0.2) is 5.82 Å². The van der Waals surface area contributed by atoms with Gasteiger partial charge in [-0.3, -0.25) is 4.79 Å². The van der Waals surface area contributed by atoms with Crippen LogP contribution in [-0.2, 0) is 17.8 Å². The number of hydrogen-bond acceptors (Lipinski definition) is 3. The lowest BCUT2D eigenvalue weighted by Gasteiger charge is -2.09. The van der Waals surface area contributed by atoms with Gasteiger partial charge in [0.1, 0.15) is 0 Å². The first-order chi connectivity index (χ1) is 11.3. The first-order valence-electron chi connectivity index (χ1n) is 7.57. The van der Waals surface area contributed by atoms with E-state index in [0.29, 0.717) is 13.0 Å². The SMILES string of the molecule is O=C(CCc1ccccc1)NCc1cccnc1-n1cccn1. The van der Waals surface area contributed by atoms with Crippen LogP contribution < -0.4 is 5.32 Å². The number of rotatable bonds is 6. The summed E-state index contributed by atoms with van der Waals surface area (Å²) in [6.07, 6.45) is 6.48. The number of nitrogens with one attached hydrogen (secondary N) is 1. The maximum absolute atomic E-state index is 12.0. The molecule has 2 heterocycles. The highest BCUT2D eigenvalue weighted by Crippen LogP contribution is 2.10. The summed E-state index contributed by atoms with van der Waals surface area (Å²) < 4.78 is 1.70. The second kappa shape index (κ2) is 7.35. The van der Waals surface area contributed by atoms with E-state index in [-0.39, 0.29) is 5.91 Å². The molecule has 0 spiro atoms. The highest BCUT2D eigenvalue weighted by Gasteiger charge is 2.08. The zero-order valence-electron chi connectivity index (χ0n) is 12.7. The third-order valence-corrected chi connectivity index (χ3v) is 3.55. The molecule has 0 aliphatic heterocycles. The van der Waals surface area contributed by atoms with Crippen molar-refractivity contribution in [1.82, 2.24) is 20.1 Å². The summed E-state index contributed by atoms with van der Waals surface area (Å²) in [5, 5.41) is 7.14. The van der Waals surface area contributed by atoms with Gasteiger partial charge in [-0.05, 0) is 24.1 Å². The number of benzene rings is 1. The van der Waals surface area contributed by atoms with Crippen LogP contribution in [0.2, 0.25) is 0 Å². The highest BCUT2D eigenvalue weighted by molar-refractivity contribution is 5.76. The molecule has 23 heavy (non-hydrogen) atoms. The third kappa shape index (κ3) is 4.03. The number of aromatic nitrogens is 3. The van der Waals surface area contributed by atoms with E-state index < -0.39 is 0 Å². The summed E-state index contributed by atoms with van der Waals surface area (Å²) in [6, 6.07) is 15.7. The van der Waals surface area contributed by atoms with Crippen LogP contribution in [0.25, 0.3) is 5.82 Å². The van der Waals surface area contributed by atoms with Crippen molar-refractivity contribution in [3.05, 3.63) is 78.2 Å². The fraction of sp³-hybridized carbons (Fsp3) is 0.167. The molecule has 2 aromatic heterocycles. The molecule has 1 aromatic carbocycles. The van der Waals surface area contributed by atoms with Crippen molar-refractivity contribution in [3.63, 3.8) is 0 Å². The van der Waals surface area contributed by atoms with Gasteiger partial charge < -0.3 is 5.32 Å². The molecule has 0 fully saturated rings. The molecule has 0 aliphatic carbocycles. The summed E-state index contributed by atoms with van der Waals surface area (Å²) in [7, 11) is 0. The predicted octanol–water partition coefficient (Wildman–Crippen LogP) is 2.52. The van der Waals surface area contributed by atoms with Gasteiger partial charge in [0.25, 0.3) is 0 Å². The zero-order chi connectivity index (χ0) is 15.9. The van der Waals surface area contributed by atoms with E-state index in [9.17, 15) is 4.79 Å². The molecule has 0 atom stereocenters. The summed E-state index contributed by atoms with van der Waals surface area (Å²) in [6.45, 7) is 0.441. The van der Waals surface area contributed by atoms with E-state index in [1.165, 1.54) is 5.56 Å². The van der Waals surface area contributed by atoms with E-state index in [2.05, 4.69) is 15.4 Å². The molecule has 0 aliphatic rings. The Morgan fingerprint density at radius 3 is 2.70 bits per heavy atom. The molecule has 1 N–H and O–H groups in total. The number of pyridine rings is 1. The molecular formula is C18H18N4O. The molecule has 0 unspecified atom stereocenters. The van der Waals surface area contributed by atoms with Crippen LogP contribution in [0.1, 0.15) is 17.5 Å². The predicted molar refractivity (Wildman–Crippen MR) is 88.0 cm³/mol. The average Bonchev–Trinajstić information content (AvgIpc) is 3.14. The third-order valence-electron chi connectivity index (χ3n) is 3.55. The van der Waals surface area contributed by atoms with Gasteiger partial charge in [-0.25, -0.2) is 9.67 Å². The van der Waals surface area contributed by atoms with Gasteiger partial charge in [0.2, 0.25) is 5.91 Å². The Bertz CT molecular complexity index is 754. The van der Waals surface area contributed by atoms with Gasteiger partial charge in [-0.1, -0.05) is 36.4 Å². The Labute approximate surface area is 135 Å². The maximum atomic E-state index is 12.0. The molecule has 5 heteroatoms. The maximum Gasteiger partial charge on any atom is 0.220 e. The number of hydrogen-bond donors (Lipinski definition) is 1. The van der Waals surface area contributed by atoms with Crippen LogP contribution in [-0.4, -0.2) is 20.7 Å². The van der Waals surface area contributed by atoms with Crippen molar-refractivity contribution >= 4 is 5.91 Å². The second-order valence-electron chi connectivity index (χ2n) is 5.20. The first-order valence-corrected chi connectivity index (χ1v) is 7.57. The van der Waals surface area contributed by atoms with Gasteiger partial charge >= 0.3 is 0 Å². The largest absolute Gasteiger partial charge is 0.352 e. The molecule has 5 nitrogen and oxygen atoms in total. The Morgan fingerprint density at radius 2 is 1.91 bits per heavy atom. The fourth-order valence-corrected chi connectivity index (χ4v) is 2.35. The first kappa shape index (κ1) is 15.0. The van der Waals surface area contributed by atoms with E-state index in [0.717, 1.165) is 17.8 Å². The monoisotopic (exact) mass is 306 g/mol. The number of nitrogens with zero attached hydrogens (tertiary/aromatic N) is 3. The number of carbonyl (C=O) groups is 1. The highest BCUT2D eigenvalue weighted by atomic mass is 16.1. The molecule has 1 amide bonds. The van der Waals surface area contributed by atoms with Crippen molar-refractivity contribution in [3.8, 4) is 5.82 Å². The Morgan fingerprint density at radius 1 is 1.04 bits per heavy atom.